The fourth-order valence-electron chi connectivity index (χ4n) is 4.85. The molecule has 6 nitrogen and oxygen atoms in total. The largest absolute Gasteiger partial charge is 0.388 e. The molecule has 7 heteroatoms. The Labute approximate surface area is 193 Å². The molecule has 0 aliphatic carbocycles. The lowest BCUT2D eigenvalue weighted by atomic mass is 9.90. The summed E-state index contributed by atoms with van der Waals surface area (Å²) in [7, 11) is 2.00. The third-order valence-electron chi connectivity index (χ3n) is 6.68. The number of anilines is 1. The Hall–Kier alpha value is -2.70. The Balaban J connectivity index is 1.41. The van der Waals surface area contributed by atoms with E-state index in [0.29, 0.717) is 24.4 Å². The van der Waals surface area contributed by atoms with Gasteiger partial charge in [-0.2, -0.15) is 0 Å². The lowest BCUT2D eigenvalue weighted by Crippen LogP contribution is -2.34. The van der Waals surface area contributed by atoms with Crippen LogP contribution in [0.4, 0.5) is 5.82 Å². The Morgan fingerprint density at radius 3 is 2.94 bits per heavy atom. The highest BCUT2D eigenvalue weighted by atomic mass is 35.5. The van der Waals surface area contributed by atoms with Gasteiger partial charge in [-0.25, -0.2) is 9.97 Å². The molecule has 1 N–H and O–H groups in total. The standard InChI is InChI=1S/C25H28ClN5O/c1-17-18(7-5-6-11-27-17)14-25(32)10-12-31(16-25)23-13-19(20(26)15-28-23)24-29-21-8-3-4-9-22(21)30(24)2/h3-4,8-9,11,13,15,32H,5-7,10,12,14,16H2,1-2H3. The van der Waals surface area contributed by atoms with E-state index in [9.17, 15) is 5.11 Å². The molecule has 32 heavy (non-hydrogen) atoms. The van der Waals surface area contributed by atoms with Gasteiger partial charge >= 0.3 is 0 Å². The Morgan fingerprint density at radius 2 is 2.09 bits per heavy atom. The first-order chi connectivity index (χ1) is 15.4. The first-order valence-corrected chi connectivity index (χ1v) is 11.6. The number of β-amino-alcohol motifs (C(OH)–C–C–N with tert-alkyl or cyclic N) is 1. The number of allylic oxidation sites excluding steroid dienone is 1. The smallest absolute Gasteiger partial charge is 0.142 e. The average molecular weight is 450 g/mol. The van der Waals surface area contributed by atoms with Crippen LogP contribution in [0.2, 0.25) is 5.02 Å². The minimum atomic E-state index is -0.768. The molecule has 1 atom stereocenters. The fraction of sp³-hybridized carbons (Fsp3) is 0.400. The molecule has 0 radical (unpaired) electrons. The Kier molecular flexibility index (Phi) is 5.51. The van der Waals surface area contributed by atoms with Gasteiger partial charge in [0.25, 0.3) is 0 Å². The van der Waals surface area contributed by atoms with Gasteiger partial charge in [0.05, 0.1) is 21.7 Å². The molecule has 1 unspecified atom stereocenters. The number of hydrogen-bond acceptors (Lipinski definition) is 5. The third kappa shape index (κ3) is 3.93. The molecule has 0 bridgehead atoms. The van der Waals surface area contributed by atoms with Crippen molar-refractivity contribution in [1.82, 2.24) is 14.5 Å². The molecular formula is C25H28ClN5O. The maximum atomic E-state index is 11.4. The Morgan fingerprint density at radius 1 is 1.25 bits per heavy atom. The number of halogens is 1. The first-order valence-electron chi connectivity index (χ1n) is 11.2. The van der Waals surface area contributed by atoms with E-state index < -0.39 is 5.60 Å². The van der Waals surface area contributed by atoms with Crippen molar-refractivity contribution in [3.8, 4) is 11.4 Å². The van der Waals surface area contributed by atoms with Crippen molar-refractivity contribution in [2.45, 2.75) is 44.6 Å². The normalized spacial score (nSPS) is 21.6. The molecule has 166 valence electrons. The lowest BCUT2D eigenvalue weighted by molar-refractivity contribution is 0.0625. The molecule has 2 aliphatic heterocycles. The number of nitrogens with zero attached hydrogens (tertiary/aromatic N) is 5. The van der Waals surface area contributed by atoms with Crippen molar-refractivity contribution >= 4 is 34.7 Å². The van der Waals surface area contributed by atoms with Gasteiger partial charge in [-0.15, -0.1) is 0 Å². The number of benzene rings is 1. The van der Waals surface area contributed by atoms with Gasteiger partial charge in [0, 0.05) is 50.2 Å². The van der Waals surface area contributed by atoms with Gasteiger partial charge in [0.15, 0.2) is 0 Å². The van der Waals surface area contributed by atoms with Crippen LogP contribution in [0, 0.1) is 0 Å². The number of pyridine rings is 1. The second-order valence-corrected chi connectivity index (χ2v) is 9.38. The van der Waals surface area contributed by atoms with Crippen LogP contribution in [-0.2, 0) is 7.05 Å². The van der Waals surface area contributed by atoms with Crippen molar-refractivity contribution in [3.63, 3.8) is 0 Å². The van der Waals surface area contributed by atoms with Gasteiger partial charge in [0.1, 0.15) is 11.6 Å². The molecule has 3 aromatic rings. The quantitative estimate of drug-likeness (QED) is 0.598. The number of aryl methyl sites for hydroxylation is 1. The third-order valence-corrected chi connectivity index (χ3v) is 6.98. The van der Waals surface area contributed by atoms with Crippen LogP contribution >= 0.6 is 11.6 Å². The predicted octanol–water partition coefficient (Wildman–Crippen LogP) is 5.15. The number of fused-ring (bicyclic) bond motifs is 1. The minimum Gasteiger partial charge on any atom is -0.388 e. The van der Waals surface area contributed by atoms with Gasteiger partial charge < -0.3 is 14.6 Å². The number of rotatable bonds is 4. The van der Waals surface area contributed by atoms with Crippen LogP contribution in [-0.4, -0.2) is 44.5 Å². The molecule has 0 saturated carbocycles. The van der Waals surface area contributed by atoms with Crippen molar-refractivity contribution < 1.29 is 5.11 Å². The Bertz CT molecular complexity index is 1230. The number of aromatic nitrogens is 3. The van der Waals surface area contributed by atoms with E-state index >= 15 is 0 Å². The van der Waals surface area contributed by atoms with E-state index in [1.807, 2.05) is 37.5 Å². The van der Waals surface area contributed by atoms with Gasteiger partial charge in [-0.3, -0.25) is 4.99 Å². The molecule has 0 amide bonds. The minimum absolute atomic E-state index is 0.546. The van der Waals surface area contributed by atoms with E-state index in [-0.39, 0.29) is 0 Å². The van der Waals surface area contributed by atoms with Crippen LogP contribution in [0.3, 0.4) is 0 Å². The lowest BCUT2D eigenvalue weighted by Gasteiger charge is -2.26. The van der Waals surface area contributed by atoms with E-state index in [1.165, 1.54) is 5.57 Å². The number of aliphatic imine (C=N–C) groups is 1. The van der Waals surface area contributed by atoms with Crippen LogP contribution in [0.1, 0.15) is 39.0 Å². The molecule has 0 spiro atoms. The second-order valence-electron chi connectivity index (χ2n) is 8.97. The highest BCUT2D eigenvalue weighted by Crippen LogP contribution is 2.36. The number of imidazole rings is 1. The highest BCUT2D eigenvalue weighted by Gasteiger charge is 2.38. The van der Waals surface area contributed by atoms with Crippen LogP contribution in [0.5, 0.6) is 0 Å². The van der Waals surface area contributed by atoms with E-state index in [2.05, 4.69) is 32.4 Å². The number of aliphatic hydroxyl groups is 1. The maximum absolute atomic E-state index is 11.4. The molecule has 5 rings (SSSR count). The molecular weight excluding hydrogens is 422 g/mol. The van der Waals surface area contributed by atoms with Crippen LogP contribution < -0.4 is 4.90 Å². The van der Waals surface area contributed by atoms with Crippen molar-refractivity contribution in [3.05, 3.63) is 52.8 Å². The zero-order valence-electron chi connectivity index (χ0n) is 18.6. The average Bonchev–Trinajstić information content (AvgIpc) is 3.26. The summed E-state index contributed by atoms with van der Waals surface area (Å²) in [6.45, 7) is 3.35. The summed E-state index contributed by atoms with van der Waals surface area (Å²) in [5.41, 5.74) is 4.40. The summed E-state index contributed by atoms with van der Waals surface area (Å²) in [5.74, 6) is 1.63. The zero-order valence-corrected chi connectivity index (χ0v) is 19.3. The molecule has 1 saturated heterocycles. The molecule has 2 aliphatic rings. The summed E-state index contributed by atoms with van der Waals surface area (Å²) in [6, 6.07) is 10.0. The summed E-state index contributed by atoms with van der Waals surface area (Å²) in [4.78, 5) is 16.1. The summed E-state index contributed by atoms with van der Waals surface area (Å²) in [5, 5.41) is 11.9. The van der Waals surface area contributed by atoms with E-state index in [0.717, 1.165) is 59.7 Å². The fourth-order valence-corrected chi connectivity index (χ4v) is 5.04. The highest BCUT2D eigenvalue weighted by molar-refractivity contribution is 6.33. The van der Waals surface area contributed by atoms with E-state index in [1.54, 1.807) is 6.20 Å². The monoisotopic (exact) mass is 449 g/mol. The predicted molar refractivity (Wildman–Crippen MR) is 130 cm³/mol. The van der Waals surface area contributed by atoms with Crippen LogP contribution in [0.25, 0.3) is 22.4 Å². The van der Waals surface area contributed by atoms with Gasteiger partial charge in [-0.1, -0.05) is 23.7 Å². The molecule has 2 aromatic heterocycles. The van der Waals surface area contributed by atoms with Crippen molar-refractivity contribution in [1.29, 1.82) is 0 Å². The maximum Gasteiger partial charge on any atom is 0.142 e. The first kappa shape index (κ1) is 21.2. The zero-order chi connectivity index (χ0) is 22.3. The summed E-state index contributed by atoms with van der Waals surface area (Å²) < 4.78 is 2.06. The number of para-hydroxylation sites is 2. The second kappa shape index (κ2) is 8.34. The van der Waals surface area contributed by atoms with E-state index in [4.69, 9.17) is 16.6 Å². The topological polar surface area (TPSA) is 66.5 Å². The molecule has 1 fully saturated rings. The van der Waals surface area contributed by atoms with Crippen molar-refractivity contribution in [2.24, 2.45) is 12.0 Å². The SMILES string of the molecule is CC1=C(CC2(O)CCN(c3cc(-c4nc5ccccc5n4C)c(Cl)cn3)C2)CCCC=N1. The van der Waals surface area contributed by atoms with Gasteiger partial charge in [0.2, 0.25) is 0 Å². The molecule has 4 heterocycles. The van der Waals surface area contributed by atoms with Gasteiger partial charge in [-0.05, 0) is 56.4 Å². The van der Waals surface area contributed by atoms with Crippen LogP contribution in [0.15, 0.2) is 52.8 Å². The summed E-state index contributed by atoms with van der Waals surface area (Å²) in [6.07, 6.45) is 8.16. The number of hydrogen-bond donors (Lipinski definition) is 1. The van der Waals surface area contributed by atoms with Crippen molar-refractivity contribution in [2.75, 3.05) is 18.0 Å². The molecule has 1 aromatic carbocycles. The summed E-state index contributed by atoms with van der Waals surface area (Å²) >= 11 is 6.55.